The number of halogens is 2. The Labute approximate surface area is 186 Å². The van der Waals surface area contributed by atoms with Crippen LogP contribution in [0.4, 0.5) is 11.4 Å². The number of hydrogen-bond donors (Lipinski definition) is 1. The van der Waals surface area contributed by atoms with Crippen LogP contribution in [0.2, 0.25) is 10.0 Å². The molecule has 0 unspecified atom stereocenters. The molecule has 0 radical (unpaired) electrons. The second-order valence-electron chi connectivity index (χ2n) is 6.09. The number of amides is 1. The number of furan rings is 1. The molecule has 0 spiro atoms. The van der Waals surface area contributed by atoms with Gasteiger partial charge >= 0.3 is 0 Å². The van der Waals surface area contributed by atoms with E-state index in [1.807, 2.05) is 6.07 Å². The number of ether oxygens (including phenoxy) is 1. The molecule has 1 aromatic heterocycles. The van der Waals surface area contributed by atoms with Crippen LogP contribution in [0.25, 0.3) is 17.4 Å². The monoisotopic (exact) mass is 457 g/mol. The topological polar surface area (TPSA) is 118 Å². The van der Waals surface area contributed by atoms with Crippen molar-refractivity contribution in [3.05, 3.63) is 80.0 Å². The summed E-state index contributed by atoms with van der Waals surface area (Å²) in [6.07, 6.45) is 1.26. The van der Waals surface area contributed by atoms with Gasteiger partial charge in [0.2, 0.25) is 0 Å². The highest BCUT2D eigenvalue weighted by molar-refractivity contribution is 6.36. The van der Waals surface area contributed by atoms with Crippen LogP contribution in [0, 0.1) is 21.4 Å². The fourth-order valence-corrected chi connectivity index (χ4v) is 2.98. The third kappa shape index (κ3) is 5.04. The molecule has 3 aromatic rings. The highest BCUT2D eigenvalue weighted by Crippen LogP contribution is 2.34. The number of non-ortho nitro benzene ring substituents is 1. The molecule has 0 aliphatic carbocycles. The van der Waals surface area contributed by atoms with Gasteiger partial charge in [-0.3, -0.25) is 14.9 Å². The smallest absolute Gasteiger partial charge is 0.273 e. The lowest BCUT2D eigenvalue weighted by molar-refractivity contribution is -0.384. The zero-order chi connectivity index (χ0) is 22.5. The first-order valence-electron chi connectivity index (χ1n) is 8.63. The molecule has 3 rings (SSSR count). The van der Waals surface area contributed by atoms with Crippen molar-refractivity contribution in [3.8, 4) is 23.1 Å². The number of nitro benzene ring substituents is 1. The number of benzene rings is 2. The number of carbonyl (C=O) groups is 1. The SMILES string of the molecule is COc1cc([N+](=O)[O-])ccc1-c1ccc(/C=C(\C#N)C(=O)Nc2cc(Cl)ccc2Cl)o1. The van der Waals surface area contributed by atoms with Crippen molar-refractivity contribution in [1.29, 1.82) is 5.26 Å². The van der Waals surface area contributed by atoms with Crippen molar-refractivity contribution in [2.75, 3.05) is 12.4 Å². The molecule has 10 heteroatoms. The van der Waals surface area contributed by atoms with Crippen LogP contribution in [0.5, 0.6) is 5.75 Å². The highest BCUT2D eigenvalue weighted by atomic mass is 35.5. The number of carbonyl (C=O) groups excluding carboxylic acids is 1. The number of anilines is 1. The quantitative estimate of drug-likeness (QED) is 0.219. The third-order valence-electron chi connectivity index (χ3n) is 4.12. The fraction of sp³-hybridized carbons (Fsp3) is 0.0476. The van der Waals surface area contributed by atoms with Crippen LogP contribution in [0.3, 0.4) is 0 Å². The zero-order valence-corrected chi connectivity index (χ0v) is 17.4. The van der Waals surface area contributed by atoms with Gasteiger partial charge in [0.25, 0.3) is 11.6 Å². The molecule has 8 nitrogen and oxygen atoms in total. The Bertz CT molecular complexity index is 1240. The average Bonchev–Trinajstić information content (AvgIpc) is 3.22. The molecule has 31 heavy (non-hydrogen) atoms. The number of nitrogens with one attached hydrogen (secondary N) is 1. The van der Waals surface area contributed by atoms with Gasteiger partial charge in [0, 0.05) is 17.2 Å². The number of methoxy groups -OCH3 is 1. The summed E-state index contributed by atoms with van der Waals surface area (Å²) in [5, 5.41) is 23.5. The van der Waals surface area contributed by atoms with Crippen molar-refractivity contribution >= 4 is 46.6 Å². The van der Waals surface area contributed by atoms with Gasteiger partial charge in [-0.1, -0.05) is 23.2 Å². The maximum absolute atomic E-state index is 12.5. The summed E-state index contributed by atoms with van der Waals surface area (Å²) in [5.41, 5.74) is 0.375. The Balaban J connectivity index is 1.87. The van der Waals surface area contributed by atoms with E-state index in [-0.39, 0.29) is 33.5 Å². The Morgan fingerprint density at radius 3 is 2.68 bits per heavy atom. The van der Waals surface area contributed by atoms with E-state index in [9.17, 15) is 20.2 Å². The third-order valence-corrected chi connectivity index (χ3v) is 4.68. The maximum atomic E-state index is 12.5. The van der Waals surface area contributed by atoms with Gasteiger partial charge in [0.1, 0.15) is 28.9 Å². The number of hydrogen-bond acceptors (Lipinski definition) is 6. The molecule has 0 bridgehead atoms. The summed E-state index contributed by atoms with van der Waals surface area (Å²) >= 11 is 11.9. The van der Waals surface area contributed by atoms with Gasteiger partial charge in [-0.25, -0.2) is 0 Å². The van der Waals surface area contributed by atoms with Gasteiger partial charge in [-0.2, -0.15) is 5.26 Å². The summed E-state index contributed by atoms with van der Waals surface area (Å²) in [5.74, 6) is 0.110. The Hall–Kier alpha value is -3.80. The normalized spacial score (nSPS) is 11.0. The first-order valence-corrected chi connectivity index (χ1v) is 9.39. The summed E-state index contributed by atoms with van der Waals surface area (Å²) < 4.78 is 10.9. The van der Waals surface area contributed by atoms with E-state index in [4.69, 9.17) is 32.4 Å². The lowest BCUT2D eigenvalue weighted by atomic mass is 10.1. The van der Waals surface area contributed by atoms with Crippen LogP contribution in [0.15, 0.2) is 58.5 Å². The van der Waals surface area contributed by atoms with Crippen LogP contribution < -0.4 is 10.1 Å². The highest BCUT2D eigenvalue weighted by Gasteiger charge is 2.17. The lowest BCUT2D eigenvalue weighted by Gasteiger charge is -2.07. The van der Waals surface area contributed by atoms with E-state index in [1.165, 1.54) is 43.5 Å². The Morgan fingerprint density at radius 1 is 1.23 bits per heavy atom. The lowest BCUT2D eigenvalue weighted by Crippen LogP contribution is -2.13. The molecule has 0 aliphatic rings. The minimum absolute atomic E-state index is 0.129. The standard InChI is InChI=1S/C21H13Cl2N3O5/c1-30-20-10-14(26(28)29)3-5-16(20)19-7-4-15(31-19)8-12(11-24)21(27)25-18-9-13(22)2-6-17(18)23/h2-10H,1H3,(H,25,27)/b12-8+. The molecule has 0 saturated carbocycles. The largest absolute Gasteiger partial charge is 0.496 e. The molecule has 1 N–H and O–H groups in total. The number of nitrogens with zero attached hydrogens (tertiary/aromatic N) is 2. The molecule has 0 fully saturated rings. The summed E-state index contributed by atoms with van der Waals surface area (Å²) in [6.45, 7) is 0. The fourth-order valence-electron chi connectivity index (χ4n) is 2.65. The molecule has 1 heterocycles. The van der Waals surface area contributed by atoms with Crippen LogP contribution in [-0.4, -0.2) is 17.9 Å². The predicted octanol–water partition coefficient (Wildman–Crippen LogP) is 5.72. The van der Waals surface area contributed by atoms with E-state index >= 15 is 0 Å². The Kier molecular flexibility index (Phi) is 6.60. The van der Waals surface area contributed by atoms with Gasteiger partial charge in [0.05, 0.1) is 34.4 Å². The molecule has 1 amide bonds. The minimum atomic E-state index is -0.697. The summed E-state index contributed by atoms with van der Waals surface area (Å²) in [4.78, 5) is 22.9. The zero-order valence-electron chi connectivity index (χ0n) is 15.9. The first kappa shape index (κ1) is 21.9. The molecular formula is C21H13Cl2N3O5. The number of nitriles is 1. The molecule has 0 atom stereocenters. The number of nitro groups is 1. The molecular weight excluding hydrogens is 445 g/mol. The van der Waals surface area contributed by atoms with Gasteiger partial charge in [-0.15, -0.1) is 0 Å². The van der Waals surface area contributed by atoms with Crippen molar-refractivity contribution in [2.45, 2.75) is 0 Å². The van der Waals surface area contributed by atoms with Crippen molar-refractivity contribution < 1.29 is 18.9 Å². The van der Waals surface area contributed by atoms with Crippen molar-refractivity contribution in [1.82, 2.24) is 0 Å². The van der Waals surface area contributed by atoms with Crippen LogP contribution in [-0.2, 0) is 4.79 Å². The van der Waals surface area contributed by atoms with Crippen molar-refractivity contribution in [2.24, 2.45) is 0 Å². The van der Waals surface area contributed by atoms with Crippen LogP contribution >= 0.6 is 23.2 Å². The van der Waals surface area contributed by atoms with Gasteiger partial charge in [-0.05, 0) is 36.4 Å². The summed E-state index contributed by atoms with van der Waals surface area (Å²) in [6, 6.07) is 13.6. The molecule has 0 saturated heterocycles. The Morgan fingerprint density at radius 2 is 2.00 bits per heavy atom. The number of rotatable bonds is 6. The van der Waals surface area contributed by atoms with E-state index < -0.39 is 10.8 Å². The van der Waals surface area contributed by atoms with E-state index in [0.29, 0.717) is 16.3 Å². The average molecular weight is 458 g/mol. The predicted molar refractivity (Wildman–Crippen MR) is 116 cm³/mol. The molecule has 156 valence electrons. The maximum Gasteiger partial charge on any atom is 0.273 e. The van der Waals surface area contributed by atoms with E-state index in [1.54, 1.807) is 18.2 Å². The van der Waals surface area contributed by atoms with Gasteiger partial charge in [0.15, 0.2) is 0 Å². The van der Waals surface area contributed by atoms with E-state index in [0.717, 1.165) is 0 Å². The second-order valence-corrected chi connectivity index (χ2v) is 6.94. The van der Waals surface area contributed by atoms with Crippen LogP contribution in [0.1, 0.15) is 5.76 Å². The summed E-state index contributed by atoms with van der Waals surface area (Å²) in [7, 11) is 1.38. The second kappa shape index (κ2) is 9.34. The molecule has 0 aliphatic heterocycles. The first-order chi connectivity index (χ1) is 14.8. The van der Waals surface area contributed by atoms with Crippen molar-refractivity contribution in [3.63, 3.8) is 0 Å². The minimum Gasteiger partial charge on any atom is -0.496 e. The molecule has 2 aromatic carbocycles. The van der Waals surface area contributed by atoms with E-state index in [2.05, 4.69) is 5.32 Å². The van der Waals surface area contributed by atoms with Gasteiger partial charge < -0.3 is 14.5 Å².